The first-order valence-electron chi connectivity index (χ1n) is 7.15. The van der Waals surface area contributed by atoms with Crippen molar-refractivity contribution in [2.45, 2.75) is 17.5 Å². The minimum absolute atomic E-state index is 0.0989. The van der Waals surface area contributed by atoms with Gasteiger partial charge in [0.15, 0.2) is 0 Å². The molecule has 1 atom stereocenters. The minimum Gasteiger partial charge on any atom is -0.360 e. The standard InChI is InChI=1S/C14H19N3O5S/c1-15-13(18)14(19)16-10-12-17(8-5-9-22-12)23(20,21)11-6-3-2-4-7-11/h2-4,6-7,12H,5,8-10H2,1H3,(H,15,18)(H,16,19). The lowest BCUT2D eigenvalue weighted by Crippen LogP contribution is -2.52. The van der Waals surface area contributed by atoms with Crippen molar-refractivity contribution in [2.24, 2.45) is 0 Å². The number of carbonyl (C=O) groups excluding carboxylic acids is 2. The molecule has 0 radical (unpaired) electrons. The number of nitrogens with zero attached hydrogens (tertiary/aromatic N) is 1. The molecule has 0 saturated carbocycles. The number of ether oxygens (including phenoxy) is 1. The predicted molar refractivity (Wildman–Crippen MR) is 81.8 cm³/mol. The molecule has 2 amide bonds. The van der Waals surface area contributed by atoms with Crippen molar-refractivity contribution in [1.29, 1.82) is 0 Å². The van der Waals surface area contributed by atoms with Gasteiger partial charge in [0.1, 0.15) is 6.23 Å². The summed E-state index contributed by atoms with van der Waals surface area (Å²) in [6, 6.07) is 8.01. The molecule has 0 aromatic heterocycles. The van der Waals surface area contributed by atoms with Crippen molar-refractivity contribution >= 4 is 21.8 Å². The summed E-state index contributed by atoms with van der Waals surface area (Å²) in [5.74, 6) is -1.63. The van der Waals surface area contributed by atoms with Crippen molar-refractivity contribution in [3.8, 4) is 0 Å². The Kier molecular flexibility index (Phi) is 5.69. The lowest BCUT2D eigenvalue weighted by atomic mass is 10.3. The molecule has 0 bridgehead atoms. The molecular formula is C14H19N3O5S. The number of likely N-dealkylation sites (N-methyl/N-ethyl adjacent to an activating group) is 1. The molecule has 1 aliphatic rings. The summed E-state index contributed by atoms with van der Waals surface area (Å²) in [7, 11) is -2.39. The summed E-state index contributed by atoms with van der Waals surface area (Å²) in [6.45, 7) is 0.581. The molecule has 8 nitrogen and oxygen atoms in total. The monoisotopic (exact) mass is 341 g/mol. The maximum absolute atomic E-state index is 12.7. The van der Waals surface area contributed by atoms with Gasteiger partial charge in [-0.3, -0.25) is 9.59 Å². The Morgan fingerprint density at radius 1 is 1.26 bits per heavy atom. The van der Waals surface area contributed by atoms with Crippen LogP contribution >= 0.6 is 0 Å². The summed E-state index contributed by atoms with van der Waals surface area (Å²) >= 11 is 0. The van der Waals surface area contributed by atoms with Gasteiger partial charge >= 0.3 is 11.8 Å². The highest BCUT2D eigenvalue weighted by atomic mass is 32.2. The highest BCUT2D eigenvalue weighted by Crippen LogP contribution is 2.21. The zero-order valence-corrected chi connectivity index (χ0v) is 13.5. The van der Waals surface area contributed by atoms with Crippen LogP contribution in [-0.2, 0) is 24.3 Å². The van der Waals surface area contributed by atoms with E-state index in [1.54, 1.807) is 18.2 Å². The van der Waals surface area contributed by atoms with E-state index >= 15 is 0 Å². The third-order valence-corrected chi connectivity index (χ3v) is 5.28. The number of carbonyl (C=O) groups is 2. The van der Waals surface area contributed by atoms with Crippen LogP contribution in [0.4, 0.5) is 0 Å². The molecule has 2 rings (SSSR count). The number of hydrogen-bond donors (Lipinski definition) is 2. The van der Waals surface area contributed by atoms with Gasteiger partial charge in [-0.1, -0.05) is 18.2 Å². The number of amides is 2. The molecule has 0 aliphatic carbocycles. The average molecular weight is 341 g/mol. The first-order valence-corrected chi connectivity index (χ1v) is 8.59. The molecule has 1 aliphatic heterocycles. The van der Waals surface area contributed by atoms with Crippen LogP contribution in [0.1, 0.15) is 6.42 Å². The first kappa shape index (κ1) is 17.4. The Bertz CT molecular complexity index is 662. The summed E-state index contributed by atoms with van der Waals surface area (Å²) in [6.07, 6.45) is -0.283. The van der Waals surface area contributed by atoms with E-state index in [4.69, 9.17) is 4.74 Å². The zero-order chi connectivity index (χ0) is 16.9. The van der Waals surface area contributed by atoms with Crippen molar-refractivity contribution in [2.75, 3.05) is 26.7 Å². The maximum Gasteiger partial charge on any atom is 0.309 e. The zero-order valence-electron chi connectivity index (χ0n) is 12.7. The molecule has 1 aromatic carbocycles. The smallest absolute Gasteiger partial charge is 0.309 e. The first-order chi connectivity index (χ1) is 11.0. The van der Waals surface area contributed by atoms with Crippen molar-refractivity contribution < 1.29 is 22.7 Å². The fourth-order valence-corrected chi connectivity index (χ4v) is 3.79. The highest BCUT2D eigenvalue weighted by molar-refractivity contribution is 7.89. The average Bonchev–Trinajstić information content (AvgIpc) is 2.59. The number of benzene rings is 1. The van der Waals surface area contributed by atoms with Gasteiger partial charge < -0.3 is 15.4 Å². The Balaban J connectivity index is 2.12. The molecule has 1 aromatic rings. The van der Waals surface area contributed by atoms with E-state index in [-0.39, 0.29) is 18.0 Å². The molecule has 1 heterocycles. The predicted octanol–water partition coefficient (Wildman–Crippen LogP) is -0.714. The van der Waals surface area contributed by atoms with Gasteiger partial charge in [0.25, 0.3) is 0 Å². The van der Waals surface area contributed by atoms with Gasteiger partial charge in [-0.2, -0.15) is 4.31 Å². The number of rotatable bonds is 4. The summed E-state index contributed by atoms with van der Waals surface area (Å²) in [5, 5.41) is 4.57. The SMILES string of the molecule is CNC(=O)C(=O)NCC1OCCCN1S(=O)(=O)c1ccccc1. The van der Waals surface area contributed by atoms with Gasteiger partial charge in [-0.15, -0.1) is 0 Å². The number of hydrogen-bond acceptors (Lipinski definition) is 5. The third-order valence-electron chi connectivity index (χ3n) is 3.37. The molecule has 2 N–H and O–H groups in total. The molecule has 0 spiro atoms. The van der Waals surface area contributed by atoms with E-state index in [9.17, 15) is 18.0 Å². The van der Waals surface area contributed by atoms with E-state index in [1.165, 1.54) is 23.5 Å². The Hall–Kier alpha value is -1.97. The molecule has 1 saturated heterocycles. The molecule has 9 heteroatoms. The largest absolute Gasteiger partial charge is 0.360 e. The van der Waals surface area contributed by atoms with Crippen LogP contribution in [0.15, 0.2) is 35.2 Å². The Morgan fingerprint density at radius 3 is 2.61 bits per heavy atom. The van der Waals surface area contributed by atoms with E-state index in [0.29, 0.717) is 13.0 Å². The third kappa shape index (κ3) is 4.06. The second-order valence-electron chi connectivity index (χ2n) is 4.90. The van der Waals surface area contributed by atoms with E-state index in [0.717, 1.165) is 0 Å². The topological polar surface area (TPSA) is 105 Å². The minimum atomic E-state index is -3.73. The number of nitrogens with one attached hydrogen (secondary N) is 2. The van der Waals surface area contributed by atoms with Crippen molar-refractivity contribution in [3.05, 3.63) is 30.3 Å². The molecule has 23 heavy (non-hydrogen) atoms. The second kappa shape index (κ2) is 7.53. The molecule has 1 fully saturated rings. The summed E-state index contributed by atoms with van der Waals surface area (Å²) in [4.78, 5) is 22.8. The summed E-state index contributed by atoms with van der Waals surface area (Å²) < 4.78 is 32.0. The van der Waals surface area contributed by atoms with Crippen LogP contribution in [0.3, 0.4) is 0 Å². The maximum atomic E-state index is 12.7. The highest BCUT2D eigenvalue weighted by Gasteiger charge is 2.34. The van der Waals surface area contributed by atoms with E-state index in [1.807, 2.05) is 0 Å². The van der Waals surface area contributed by atoms with Crippen LogP contribution < -0.4 is 10.6 Å². The lowest BCUT2D eigenvalue weighted by molar-refractivity contribution is -0.139. The molecule has 1 unspecified atom stereocenters. The quantitative estimate of drug-likeness (QED) is 0.704. The van der Waals surface area contributed by atoms with Crippen LogP contribution in [0.5, 0.6) is 0 Å². The van der Waals surface area contributed by atoms with E-state index < -0.39 is 28.1 Å². The normalized spacial score (nSPS) is 19.1. The van der Waals surface area contributed by atoms with Crippen LogP contribution in [0.25, 0.3) is 0 Å². The van der Waals surface area contributed by atoms with Crippen LogP contribution in [0.2, 0.25) is 0 Å². The van der Waals surface area contributed by atoms with E-state index in [2.05, 4.69) is 10.6 Å². The Morgan fingerprint density at radius 2 is 1.96 bits per heavy atom. The molecule has 126 valence electrons. The molecular weight excluding hydrogens is 322 g/mol. The van der Waals surface area contributed by atoms with Gasteiger partial charge in [-0.05, 0) is 18.6 Å². The van der Waals surface area contributed by atoms with Crippen LogP contribution in [0, 0.1) is 0 Å². The summed E-state index contributed by atoms with van der Waals surface area (Å²) in [5.41, 5.74) is 0. The Labute approximate surface area is 134 Å². The second-order valence-corrected chi connectivity index (χ2v) is 6.79. The van der Waals surface area contributed by atoms with Crippen molar-refractivity contribution in [1.82, 2.24) is 14.9 Å². The fourth-order valence-electron chi connectivity index (χ4n) is 2.20. The lowest BCUT2D eigenvalue weighted by Gasteiger charge is -2.34. The van der Waals surface area contributed by atoms with Gasteiger partial charge in [0.05, 0.1) is 18.0 Å². The fraction of sp³-hybridized carbons (Fsp3) is 0.429. The van der Waals surface area contributed by atoms with Crippen molar-refractivity contribution in [3.63, 3.8) is 0 Å². The van der Waals surface area contributed by atoms with Gasteiger partial charge in [0.2, 0.25) is 10.0 Å². The number of sulfonamides is 1. The van der Waals surface area contributed by atoms with Gasteiger partial charge in [0, 0.05) is 13.6 Å². The van der Waals surface area contributed by atoms with Crippen LogP contribution in [-0.4, -0.2) is 57.5 Å². The van der Waals surface area contributed by atoms with Gasteiger partial charge in [-0.25, -0.2) is 8.42 Å².